The van der Waals surface area contributed by atoms with E-state index in [0.29, 0.717) is 12.0 Å². The molecule has 3 heteroatoms. The largest absolute Gasteiger partial charge is 0.507 e. The Balaban J connectivity index is 2.05. The van der Waals surface area contributed by atoms with Gasteiger partial charge in [-0.3, -0.25) is 4.99 Å². The number of nitrogens with zero attached hydrogens (tertiary/aromatic N) is 1. The van der Waals surface area contributed by atoms with Gasteiger partial charge in [-0.2, -0.15) is 0 Å². The first-order valence-electron chi connectivity index (χ1n) is 9.65. The number of benzene rings is 2. The lowest BCUT2D eigenvalue weighted by Crippen LogP contribution is -2.17. The van der Waals surface area contributed by atoms with Crippen LogP contribution >= 0.6 is 0 Å². The zero-order valence-corrected chi connectivity index (χ0v) is 17.2. The average Bonchev–Trinajstić information content (AvgIpc) is 2.87. The molecule has 2 unspecified atom stereocenters. The Hall–Kier alpha value is -2.13. The zero-order valence-electron chi connectivity index (χ0n) is 17.2. The molecule has 0 saturated carbocycles. The summed E-state index contributed by atoms with van der Waals surface area (Å²) in [5, 5.41) is 21.3. The summed E-state index contributed by atoms with van der Waals surface area (Å²) < 4.78 is 0. The average molecular weight is 366 g/mol. The van der Waals surface area contributed by atoms with Gasteiger partial charge in [0.1, 0.15) is 11.8 Å². The molecular formula is C24H31NO2. The van der Waals surface area contributed by atoms with Crippen LogP contribution in [0.4, 0.5) is 0 Å². The van der Waals surface area contributed by atoms with Crippen molar-refractivity contribution in [1.82, 2.24) is 0 Å². The number of aliphatic hydroxyl groups is 1. The van der Waals surface area contributed by atoms with Crippen molar-refractivity contribution in [2.75, 3.05) is 0 Å². The molecule has 0 aliphatic heterocycles. The molecule has 3 nitrogen and oxygen atoms in total. The number of hydrogen-bond donors (Lipinski definition) is 2. The predicted molar refractivity (Wildman–Crippen MR) is 112 cm³/mol. The zero-order chi connectivity index (χ0) is 20.0. The number of aliphatic imine (C=N–C) groups is 1. The molecule has 0 heterocycles. The van der Waals surface area contributed by atoms with Gasteiger partial charge >= 0.3 is 0 Å². The molecular weight excluding hydrogens is 334 g/mol. The monoisotopic (exact) mass is 365 g/mol. The SMILES string of the molecule is CC(C)(C)c1cc(C=NC2c3ccccc3CC2O)c(O)c(C(C)(C)C)c1. The molecule has 144 valence electrons. The quantitative estimate of drug-likeness (QED) is 0.731. The third kappa shape index (κ3) is 3.93. The molecule has 2 aromatic carbocycles. The molecule has 0 spiro atoms. The van der Waals surface area contributed by atoms with Gasteiger partial charge in [-0.05, 0) is 33.6 Å². The normalized spacial score (nSPS) is 20.3. The van der Waals surface area contributed by atoms with E-state index in [1.807, 2.05) is 30.3 Å². The van der Waals surface area contributed by atoms with Crippen LogP contribution in [0, 0.1) is 0 Å². The van der Waals surface area contributed by atoms with Crippen LogP contribution in [0.25, 0.3) is 0 Å². The van der Waals surface area contributed by atoms with E-state index in [4.69, 9.17) is 0 Å². The molecule has 0 saturated heterocycles. The molecule has 0 aromatic heterocycles. The number of hydrogen-bond acceptors (Lipinski definition) is 3. The van der Waals surface area contributed by atoms with Gasteiger partial charge in [0.05, 0.1) is 6.10 Å². The van der Waals surface area contributed by atoms with Gasteiger partial charge in [0.2, 0.25) is 0 Å². The third-order valence-electron chi connectivity index (χ3n) is 5.35. The van der Waals surface area contributed by atoms with Crippen molar-refractivity contribution < 1.29 is 10.2 Å². The maximum Gasteiger partial charge on any atom is 0.128 e. The summed E-state index contributed by atoms with van der Waals surface area (Å²) >= 11 is 0. The summed E-state index contributed by atoms with van der Waals surface area (Å²) in [5.41, 5.74) is 4.81. The second kappa shape index (κ2) is 6.79. The second-order valence-electron chi connectivity index (χ2n) is 9.65. The Bertz CT molecular complexity index is 869. The lowest BCUT2D eigenvalue weighted by molar-refractivity contribution is 0.159. The van der Waals surface area contributed by atoms with Crippen LogP contribution < -0.4 is 0 Å². The van der Waals surface area contributed by atoms with E-state index in [0.717, 1.165) is 16.7 Å². The van der Waals surface area contributed by atoms with E-state index in [1.54, 1.807) is 6.21 Å². The maximum absolute atomic E-state index is 10.9. The number of aliphatic hydroxyl groups excluding tert-OH is 1. The summed E-state index contributed by atoms with van der Waals surface area (Å²) in [6.45, 7) is 12.8. The predicted octanol–water partition coefficient (Wildman–Crippen LogP) is 5.06. The molecule has 2 atom stereocenters. The number of phenolic OH excluding ortho intramolecular Hbond substituents is 1. The third-order valence-corrected chi connectivity index (χ3v) is 5.35. The molecule has 1 aliphatic carbocycles. The standard InChI is InChI=1S/C24H31NO2/c1-23(2,3)17-11-16(22(27)19(13-17)24(4,5)6)14-25-21-18-10-8-7-9-15(18)12-20(21)26/h7-11,13-14,20-21,26-27H,12H2,1-6H3. The van der Waals surface area contributed by atoms with E-state index in [9.17, 15) is 10.2 Å². The van der Waals surface area contributed by atoms with Gasteiger partial charge in [-0.25, -0.2) is 0 Å². The Labute approximate surface area is 162 Å². The van der Waals surface area contributed by atoms with Crippen LogP contribution in [-0.4, -0.2) is 22.5 Å². The number of aromatic hydroxyl groups is 1. The first-order valence-corrected chi connectivity index (χ1v) is 9.65. The van der Waals surface area contributed by atoms with Gasteiger partial charge in [-0.15, -0.1) is 0 Å². The fourth-order valence-corrected chi connectivity index (χ4v) is 3.65. The Morgan fingerprint density at radius 1 is 1.00 bits per heavy atom. The molecule has 3 rings (SSSR count). The maximum atomic E-state index is 10.9. The van der Waals surface area contributed by atoms with Crippen molar-refractivity contribution in [2.45, 2.75) is 70.9 Å². The number of phenols is 1. The first kappa shape index (κ1) is 19.6. The summed E-state index contributed by atoms with van der Waals surface area (Å²) in [6, 6.07) is 11.9. The van der Waals surface area contributed by atoms with E-state index >= 15 is 0 Å². The van der Waals surface area contributed by atoms with Crippen molar-refractivity contribution in [3.8, 4) is 5.75 Å². The second-order valence-corrected chi connectivity index (χ2v) is 9.65. The van der Waals surface area contributed by atoms with E-state index in [-0.39, 0.29) is 22.6 Å². The molecule has 2 N–H and O–H groups in total. The summed E-state index contributed by atoms with van der Waals surface area (Å²) in [7, 11) is 0. The van der Waals surface area contributed by atoms with Gasteiger partial charge < -0.3 is 10.2 Å². The van der Waals surface area contributed by atoms with Crippen molar-refractivity contribution in [2.24, 2.45) is 4.99 Å². The summed E-state index contributed by atoms with van der Waals surface area (Å²) in [6.07, 6.45) is 1.84. The number of rotatable bonds is 2. The van der Waals surface area contributed by atoms with E-state index in [2.05, 4.69) is 52.6 Å². The highest BCUT2D eigenvalue weighted by molar-refractivity contribution is 5.85. The van der Waals surface area contributed by atoms with Gasteiger partial charge in [-0.1, -0.05) is 71.9 Å². The smallest absolute Gasteiger partial charge is 0.128 e. The highest BCUT2D eigenvalue weighted by Gasteiger charge is 2.30. The molecule has 27 heavy (non-hydrogen) atoms. The minimum atomic E-state index is -0.520. The van der Waals surface area contributed by atoms with E-state index in [1.165, 1.54) is 5.56 Å². The van der Waals surface area contributed by atoms with Crippen LogP contribution in [0.2, 0.25) is 0 Å². The first-order chi connectivity index (χ1) is 12.5. The fraction of sp³-hybridized carbons (Fsp3) is 0.458. The van der Waals surface area contributed by atoms with Gasteiger partial charge in [0, 0.05) is 23.8 Å². The molecule has 0 amide bonds. The summed E-state index contributed by atoms with van der Waals surface area (Å²) in [4.78, 5) is 4.69. The topological polar surface area (TPSA) is 52.8 Å². The molecule has 2 aromatic rings. The van der Waals surface area contributed by atoms with Crippen LogP contribution in [0.5, 0.6) is 5.75 Å². The van der Waals surface area contributed by atoms with Crippen molar-refractivity contribution in [1.29, 1.82) is 0 Å². The van der Waals surface area contributed by atoms with Crippen molar-refractivity contribution in [3.63, 3.8) is 0 Å². The highest BCUT2D eigenvalue weighted by atomic mass is 16.3. The minimum absolute atomic E-state index is 0.0320. The van der Waals surface area contributed by atoms with Crippen molar-refractivity contribution >= 4 is 6.21 Å². The molecule has 0 radical (unpaired) electrons. The fourth-order valence-electron chi connectivity index (χ4n) is 3.65. The van der Waals surface area contributed by atoms with E-state index < -0.39 is 6.10 Å². The van der Waals surface area contributed by atoms with Crippen LogP contribution in [0.1, 0.15) is 75.4 Å². The van der Waals surface area contributed by atoms with Crippen LogP contribution in [0.15, 0.2) is 41.4 Å². The van der Waals surface area contributed by atoms with Crippen molar-refractivity contribution in [3.05, 3.63) is 64.2 Å². The minimum Gasteiger partial charge on any atom is -0.507 e. The van der Waals surface area contributed by atoms with Gasteiger partial charge in [0.15, 0.2) is 0 Å². The lowest BCUT2D eigenvalue weighted by Gasteiger charge is -2.27. The Morgan fingerprint density at radius 3 is 2.30 bits per heavy atom. The highest BCUT2D eigenvalue weighted by Crippen LogP contribution is 2.38. The molecule has 0 bridgehead atoms. The molecule has 0 fully saturated rings. The Kier molecular flexibility index (Phi) is 4.94. The Morgan fingerprint density at radius 2 is 1.67 bits per heavy atom. The summed E-state index contributed by atoms with van der Waals surface area (Å²) in [5.74, 6) is 0.278. The molecule has 1 aliphatic rings. The van der Waals surface area contributed by atoms with Crippen LogP contribution in [0.3, 0.4) is 0 Å². The number of fused-ring (bicyclic) bond motifs is 1. The van der Waals surface area contributed by atoms with Gasteiger partial charge in [0.25, 0.3) is 0 Å². The lowest BCUT2D eigenvalue weighted by atomic mass is 9.79. The van der Waals surface area contributed by atoms with Crippen LogP contribution in [-0.2, 0) is 17.3 Å².